The Morgan fingerprint density at radius 2 is 1.58 bits per heavy atom. The number of anilines is 2. The highest BCUT2D eigenvalue weighted by molar-refractivity contribution is 7.47. The molecule has 0 amide bonds. The number of hydrogen-bond acceptors (Lipinski definition) is 19. The molecule has 2 unspecified atom stereocenters. The van der Waals surface area contributed by atoms with Gasteiger partial charge in [-0.15, -0.1) is 5.10 Å². The molecule has 26 heteroatoms. The molecule has 3 fully saturated rings. The minimum atomic E-state index is -5.14. The van der Waals surface area contributed by atoms with Crippen LogP contribution in [0.5, 0.6) is 0 Å². The number of aliphatic hydroxyl groups is 2. The Morgan fingerprint density at radius 3 is 2.33 bits per heavy atom. The Hall–Kier alpha value is -3.51. The Kier molecular flexibility index (Phi) is 7.23. The van der Waals surface area contributed by atoms with Crippen molar-refractivity contribution in [2.75, 3.05) is 24.7 Å². The molecule has 7 rings (SSSR count). The van der Waals surface area contributed by atoms with Crippen LogP contribution < -0.4 is 17.0 Å². The minimum Gasteiger partial charge on any atom is -0.387 e. The van der Waals surface area contributed by atoms with E-state index in [1.54, 1.807) is 0 Å². The molecule has 10 atom stereocenters. The summed E-state index contributed by atoms with van der Waals surface area (Å²) in [6, 6.07) is 0. The van der Waals surface area contributed by atoms with Crippen LogP contribution in [-0.2, 0) is 36.7 Å². The second kappa shape index (κ2) is 10.8. The third-order valence-corrected chi connectivity index (χ3v) is 9.16. The molecule has 242 valence electrons. The maximum absolute atomic E-state index is 13.2. The molecule has 2 bridgehead atoms. The van der Waals surface area contributed by atoms with Gasteiger partial charge in [-0.1, -0.05) is 5.21 Å². The van der Waals surface area contributed by atoms with Gasteiger partial charge in [0.15, 0.2) is 35.1 Å². The van der Waals surface area contributed by atoms with Gasteiger partial charge in [-0.3, -0.25) is 32.4 Å². The molecule has 0 saturated carbocycles. The Balaban J connectivity index is 1.21. The lowest BCUT2D eigenvalue weighted by Crippen LogP contribution is -2.36. The number of ether oxygens (including phenoxy) is 2. The highest BCUT2D eigenvalue weighted by Crippen LogP contribution is 2.53. The van der Waals surface area contributed by atoms with E-state index in [2.05, 4.69) is 35.2 Å². The van der Waals surface area contributed by atoms with Crippen molar-refractivity contribution in [2.24, 2.45) is 0 Å². The maximum atomic E-state index is 13.2. The number of fused-ring (bicyclic) bond motifs is 5. The average Bonchev–Trinajstić information content (AvgIpc) is 3.72. The molecule has 9 N–H and O–H groups in total. The van der Waals surface area contributed by atoms with Gasteiger partial charge in [0.2, 0.25) is 5.95 Å². The summed E-state index contributed by atoms with van der Waals surface area (Å²) in [7, 11) is -10.2. The van der Waals surface area contributed by atoms with Crippen molar-refractivity contribution < 1.29 is 56.7 Å². The number of phosphoric acid groups is 2. The van der Waals surface area contributed by atoms with E-state index < -0.39 is 83.5 Å². The fraction of sp³-hybridized carbons (Fsp3) is 0.526. The van der Waals surface area contributed by atoms with Crippen LogP contribution in [0.15, 0.2) is 17.4 Å². The molecule has 3 aliphatic rings. The van der Waals surface area contributed by atoms with Crippen LogP contribution >= 0.6 is 15.6 Å². The number of aliphatic hydroxyl groups excluding tert-OH is 2. The average molecular weight is 675 g/mol. The quantitative estimate of drug-likeness (QED) is 0.104. The van der Waals surface area contributed by atoms with Gasteiger partial charge >= 0.3 is 15.6 Å². The number of imidazole rings is 1. The van der Waals surface area contributed by atoms with E-state index in [0.29, 0.717) is 0 Å². The zero-order valence-corrected chi connectivity index (χ0v) is 24.1. The molecule has 0 aliphatic carbocycles. The molecule has 3 saturated heterocycles. The summed E-state index contributed by atoms with van der Waals surface area (Å²) >= 11 is 0. The summed E-state index contributed by atoms with van der Waals surface area (Å²) in [5.41, 5.74) is 10.5. The Morgan fingerprint density at radius 1 is 0.889 bits per heavy atom. The van der Waals surface area contributed by atoms with Crippen LogP contribution in [0.2, 0.25) is 0 Å². The molecule has 0 radical (unpaired) electrons. The van der Waals surface area contributed by atoms with E-state index in [1.165, 1.54) is 10.9 Å². The zero-order valence-electron chi connectivity index (χ0n) is 22.3. The van der Waals surface area contributed by atoms with Gasteiger partial charge in [0.25, 0.3) is 5.56 Å². The first-order valence-electron chi connectivity index (χ1n) is 12.8. The van der Waals surface area contributed by atoms with Crippen LogP contribution in [0.25, 0.3) is 22.3 Å². The molecule has 4 aromatic rings. The van der Waals surface area contributed by atoms with Crippen LogP contribution in [-0.4, -0.2) is 114 Å². The molecular formula is C19H23N11O13P2. The third kappa shape index (κ3) is 5.29. The van der Waals surface area contributed by atoms with E-state index in [1.807, 2.05) is 0 Å². The molecule has 4 aromatic heterocycles. The number of nitrogens with one attached hydrogen (secondary N) is 1. The molecule has 0 aromatic carbocycles. The number of nitrogen functional groups attached to an aromatic ring is 2. The summed E-state index contributed by atoms with van der Waals surface area (Å²) in [5.74, 6) is -0.294. The van der Waals surface area contributed by atoms with Crippen LogP contribution in [0.1, 0.15) is 12.5 Å². The molecule has 24 nitrogen and oxygen atoms in total. The Labute approximate surface area is 248 Å². The van der Waals surface area contributed by atoms with Crippen LogP contribution in [0.3, 0.4) is 0 Å². The summed E-state index contributed by atoms with van der Waals surface area (Å²) in [6.07, 6.45) is -10.6. The number of H-pyrrole nitrogens is 1. The largest absolute Gasteiger partial charge is 0.472 e. The summed E-state index contributed by atoms with van der Waals surface area (Å²) in [5, 5.41) is 29.6. The zero-order chi connectivity index (χ0) is 31.8. The molecule has 7 heterocycles. The van der Waals surface area contributed by atoms with Gasteiger partial charge in [-0.05, 0) is 0 Å². The van der Waals surface area contributed by atoms with Crippen molar-refractivity contribution in [3.63, 3.8) is 0 Å². The monoisotopic (exact) mass is 675 g/mol. The minimum absolute atomic E-state index is 0.0299. The number of rotatable bonds is 2. The van der Waals surface area contributed by atoms with Gasteiger partial charge in [-0.2, -0.15) is 9.67 Å². The number of aromatic nitrogens is 9. The van der Waals surface area contributed by atoms with Crippen molar-refractivity contribution >= 4 is 49.7 Å². The van der Waals surface area contributed by atoms with Crippen LogP contribution in [0.4, 0.5) is 11.8 Å². The van der Waals surface area contributed by atoms with Crippen molar-refractivity contribution in [3.05, 3.63) is 23.0 Å². The summed E-state index contributed by atoms with van der Waals surface area (Å²) in [6.45, 7) is -1.70. The van der Waals surface area contributed by atoms with Crippen molar-refractivity contribution in [1.82, 2.24) is 44.5 Å². The lowest BCUT2D eigenvalue weighted by atomic mass is 10.1. The van der Waals surface area contributed by atoms with Crippen molar-refractivity contribution in [2.45, 2.75) is 49.1 Å². The number of aromatic amines is 1. The van der Waals surface area contributed by atoms with E-state index in [4.69, 9.17) is 39.0 Å². The predicted molar refractivity (Wildman–Crippen MR) is 141 cm³/mol. The first-order chi connectivity index (χ1) is 21.3. The van der Waals surface area contributed by atoms with Crippen molar-refractivity contribution in [3.8, 4) is 0 Å². The summed E-state index contributed by atoms with van der Waals surface area (Å²) in [4.78, 5) is 51.6. The SMILES string of the molecule is Nc1nc2c(nnn2[C@@H]2O[C@@H]3COP(=O)(O)O[C@H]4[C@@H](O)[C@H](n5cnc6c(N)ncnc65)O[C@@H]4COP(=O)(O)O[C@@H]2[C@@H]3O)c(=O)[nH]1. The first kappa shape index (κ1) is 30.2. The van der Waals surface area contributed by atoms with E-state index >= 15 is 0 Å². The smallest absolute Gasteiger partial charge is 0.387 e. The maximum Gasteiger partial charge on any atom is 0.472 e. The van der Waals surface area contributed by atoms with Crippen molar-refractivity contribution in [1.29, 1.82) is 0 Å². The van der Waals surface area contributed by atoms with Gasteiger partial charge in [-0.25, -0.2) is 24.1 Å². The van der Waals surface area contributed by atoms with Gasteiger partial charge in [0.1, 0.15) is 48.5 Å². The standard InChI is InChI=1S/C19H23N11O13P2/c20-13-7-14(23-3-22-13)29(4-24-7)17-10(32)11-6(41-17)2-39-45(36,37)43-12-9(31)5(1-38-44(34,35)42-11)40-18(12)30-15-8(27-28-30)16(33)26-19(21)25-15/h3-6,9-12,17-18,31-32H,1-2H2,(H,34,35)(H,36,37)(H2,20,22,23)(H3,21,25,26,33)/t5-,6-,9-,10-,11-,12-,17-,18-/m1/s1. The molecule has 0 spiro atoms. The third-order valence-electron chi connectivity index (χ3n) is 7.19. The van der Waals surface area contributed by atoms with E-state index in [-0.39, 0.29) is 34.1 Å². The second-order valence-corrected chi connectivity index (χ2v) is 12.8. The highest BCUT2D eigenvalue weighted by Gasteiger charge is 2.54. The highest BCUT2D eigenvalue weighted by atomic mass is 31.2. The topological polar surface area (TPSA) is 343 Å². The molecule has 45 heavy (non-hydrogen) atoms. The molecule has 3 aliphatic heterocycles. The van der Waals surface area contributed by atoms with E-state index in [9.17, 15) is 33.9 Å². The molecular weight excluding hydrogens is 652 g/mol. The fourth-order valence-corrected chi connectivity index (χ4v) is 7.07. The normalized spacial score (nSPS) is 37.7. The second-order valence-electron chi connectivity index (χ2n) is 10.0. The lowest BCUT2D eigenvalue weighted by molar-refractivity contribution is -0.0708. The fourth-order valence-electron chi connectivity index (χ4n) is 5.17. The predicted octanol–water partition coefficient (Wildman–Crippen LogP) is -2.95. The first-order valence-corrected chi connectivity index (χ1v) is 15.8. The number of nitrogens with zero attached hydrogens (tertiary/aromatic N) is 8. The summed E-state index contributed by atoms with van der Waals surface area (Å²) < 4.78 is 60.6. The lowest BCUT2D eigenvalue weighted by Gasteiger charge is -2.25. The van der Waals surface area contributed by atoms with Gasteiger partial charge < -0.3 is 40.9 Å². The number of nitrogens with two attached hydrogens (primary N) is 2. The number of hydrogen-bond donors (Lipinski definition) is 7. The van der Waals surface area contributed by atoms with Gasteiger partial charge in [0.05, 0.1) is 19.5 Å². The Bertz CT molecular complexity index is 1940. The van der Waals surface area contributed by atoms with Gasteiger partial charge in [0, 0.05) is 0 Å². The number of phosphoric ester groups is 2. The van der Waals surface area contributed by atoms with Crippen LogP contribution in [0, 0.1) is 0 Å². The van der Waals surface area contributed by atoms with E-state index in [0.717, 1.165) is 11.0 Å².